The zero-order chi connectivity index (χ0) is 17.1. The molecule has 0 aromatic heterocycles. The van der Waals surface area contributed by atoms with Crippen molar-refractivity contribution in [3.63, 3.8) is 0 Å². The van der Waals surface area contributed by atoms with Gasteiger partial charge in [-0.3, -0.25) is 4.79 Å². The number of fused-ring (bicyclic) bond motifs is 1. The van der Waals surface area contributed by atoms with Gasteiger partial charge in [-0.15, -0.1) is 0 Å². The smallest absolute Gasteiger partial charge is 0.251 e. The highest BCUT2D eigenvalue weighted by molar-refractivity contribution is 8.16. The van der Waals surface area contributed by atoms with Gasteiger partial charge in [0.25, 0.3) is 5.91 Å². The summed E-state index contributed by atoms with van der Waals surface area (Å²) >= 11 is 7.18. The number of halogens is 2. The number of aliphatic imine (C=N–C) groups is 1. The van der Waals surface area contributed by atoms with Crippen LogP contribution >= 0.6 is 23.4 Å². The first-order valence-electron chi connectivity index (χ1n) is 7.58. The molecule has 2 atom stereocenters. The molecule has 0 spiro atoms. The number of sulfone groups is 1. The lowest BCUT2D eigenvalue weighted by Gasteiger charge is -2.24. The van der Waals surface area contributed by atoms with Crippen molar-refractivity contribution < 1.29 is 17.6 Å². The van der Waals surface area contributed by atoms with Crippen molar-refractivity contribution in [2.24, 2.45) is 10.9 Å². The van der Waals surface area contributed by atoms with E-state index in [0.29, 0.717) is 10.9 Å². The Morgan fingerprint density at radius 2 is 2.08 bits per heavy atom. The maximum atomic E-state index is 13.5. The molecule has 128 valence electrons. The van der Waals surface area contributed by atoms with Gasteiger partial charge in [0, 0.05) is 16.9 Å². The molecule has 2 aliphatic heterocycles. The summed E-state index contributed by atoms with van der Waals surface area (Å²) in [5.74, 6) is -0.671. The van der Waals surface area contributed by atoms with Crippen LogP contribution in [-0.2, 0) is 14.6 Å². The van der Waals surface area contributed by atoms with Crippen molar-refractivity contribution >= 4 is 50.0 Å². The van der Waals surface area contributed by atoms with Crippen LogP contribution < -0.4 is 4.90 Å². The number of carbonyl (C=O) groups is 1. The van der Waals surface area contributed by atoms with E-state index in [1.807, 2.05) is 0 Å². The number of nitrogens with zero attached hydrogens (tertiary/aromatic N) is 2. The monoisotopic (exact) mass is 388 g/mol. The standard InChI is InChI=1S/C15H14ClFN2O3S2/c16-10-5-9(3-4-11(10)17)19-12-6-24(21,22)7-13(12)23-15(19)18-14(20)8-1-2-8/h3-5,8,12-13H,1-2,6-7H2/t12-,13-/m1/s1. The second kappa shape index (κ2) is 5.71. The highest BCUT2D eigenvalue weighted by Crippen LogP contribution is 2.42. The predicted molar refractivity (Wildman–Crippen MR) is 92.9 cm³/mol. The largest absolute Gasteiger partial charge is 0.316 e. The minimum Gasteiger partial charge on any atom is -0.316 e. The number of amides is 1. The number of amidine groups is 1. The summed E-state index contributed by atoms with van der Waals surface area (Å²) in [4.78, 5) is 18.0. The van der Waals surface area contributed by atoms with E-state index in [1.54, 1.807) is 4.90 Å². The maximum Gasteiger partial charge on any atom is 0.251 e. The summed E-state index contributed by atoms with van der Waals surface area (Å²) in [5, 5.41) is 0.263. The lowest BCUT2D eigenvalue weighted by molar-refractivity contribution is -0.118. The second-order valence-electron chi connectivity index (χ2n) is 6.28. The molecule has 1 amide bonds. The number of rotatable bonds is 2. The summed E-state index contributed by atoms with van der Waals surface area (Å²) in [7, 11) is -3.13. The molecular formula is C15H14ClFN2O3S2. The first kappa shape index (κ1) is 16.4. The first-order chi connectivity index (χ1) is 11.3. The van der Waals surface area contributed by atoms with Gasteiger partial charge in [-0.25, -0.2) is 12.8 Å². The summed E-state index contributed by atoms with van der Waals surface area (Å²) in [6, 6.07) is 3.90. The summed E-state index contributed by atoms with van der Waals surface area (Å²) in [6.45, 7) is 0. The number of hydrogen-bond donors (Lipinski definition) is 0. The molecule has 0 N–H and O–H groups in total. The van der Waals surface area contributed by atoms with Gasteiger partial charge in [-0.2, -0.15) is 4.99 Å². The Balaban J connectivity index is 1.74. The topological polar surface area (TPSA) is 66.8 Å². The lowest BCUT2D eigenvalue weighted by Crippen LogP contribution is -2.37. The van der Waals surface area contributed by atoms with E-state index in [1.165, 1.54) is 30.0 Å². The predicted octanol–water partition coefficient (Wildman–Crippen LogP) is 2.49. The number of hydrogen-bond acceptors (Lipinski definition) is 4. The van der Waals surface area contributed by atoms with Crippen LogP contribution in [0.2, 0.25) is 5.02 Å². The molecule has 1 aromatic rings. The SMILES string of the molecule is O=C(N=C1S[C@@H]2CS(=O)(=O)C[C@H]2N1c1ccc(F)c(Cl)c1)C1CC1. The van der Waals surface area contributed by atoms with E-state index < -0.39 is 15.7 Å². The molecular weight excluding hydrogens is 375 g/mol. The van der Waals surface area contributed by atoms with Gasteiger partial charge < -0.3 is 4.90 Å². The molecule has 3 aliphatic rings. The fourth-order valence-electron chi connectivity index (χ4n) is 3.02. The second-order valence-corrected chi connectivity index (χ2v) is 10.0. The molecule has 1 aromatic carbocycles. The van der Waals surface area contributed by atoms with Crippen molar-refractivity contribution in [2.75, 3.05) is 16.4 Å². The van der Waals surface area contributed by atoms with Gasteiger partial charge in [0.15, 0.2) is 15.0 Å². The zero-order valence-corrected chi connectivity index (χ0v) is 14.9. The van der Waals surface area contributed by atoms with Crippen LogP contribution in [-0.4, -0.2) is 42.3 Å². The van der Waals surface area contributed by atoms with Gasteiger partial charge in [0.05, 0.1) is 22.6 Å². The molecule has 0 unspecified atom stereocenters. The Morgan fingerprint density at radius 1 is 1.33 bits per heavy atom. The third-order valence-electron chi connectivity index (χ3n) is 4.38. The third kappa shape index (κ3) is 2.95. The Hall–Kier alpha value is -1.12. The van der Waals surface area contributed by atoms with Gasteiger partial charge in [0.2, 0.25) is 0 Å². The van der Waals surface area contributed by atoms with Crippen LogP contribution in [0.1, 0.15) is 12.8 Å². The van der Waals surface area contributed by atoms with E-state index in [2.05, 4.69) is 4.99 Å². The van der Waals surface area contributed by atoms with Gasteiger partial charge >= 0.3 is 0 Å². The van der Waals surface area contributed by atoms with Crippen molar-refractivity contribution in [3.8, 4) is 0 Å². The summed E-state index contributed by atoms with van der Waals surface area (Å²) in [5.41, 5.74) is 0.556. The van der Waals surface area contributed by atoms with E-state index >= 15 is 0 Å². The highest BCUT2D eigenvalue weighted by atomic mass is 35.5. The molecule has 3 fully saturated rings. The van der Waals surface area contributed by atoms with E-state index in [9.17, 15) is 17.6 Å². The Kier molecular flexibility index (Phi) is 3.89. The molecule has 0 bridgehead atoms. The summed E-state index contributed by atoms with van der Waals surface area (Å²) in [6.07, 6.45) is 1.70. The van der Waals surface area contributed by atoms with Crippen LogP contribution in [0.25, 0.3) is 0 Å². The molecule has 2 heterocycles. The lowest BCUT2D eigenvalue weighted by atomic mass is 10.2. The summed E-state index contributed by atoms with van der Waals surface area (Å²) < 4.78 is 37.4. The van der Waals surface area contributed by atoms with Crippen LogP contribution in [0.3, 0.4) is 0 Å². The fraction of sp³-hybridized carbons (Fsp3) is 0.467. The van der Waals surface area contributed by atoms with Crippen molar-refractivity contribution in [1.29, 1.82) is 0 Å². The number of thioether (sulfide) groups is 1. The van der Waals surface area contributed by atoms with Crippen molar-refractivity contribution in [3.05, 3.63) is 29.0 Å². The zero-order valence-electron chi connectivity index (χ0n) is 12.5. The number of anilines is 1. The van der Waals surface area contributed by atoms with Crippen LogP contribution in [0, 0.1) is 11.7 Å². The van der Waals surface area contributed by atoms with Crippen molar-refractivity contribution in [1.82, 2.24) is 0 Å². The van der Waals surface area contributed by atoms with Crippen LogP contribution in [0.5, 0.6) is 0 Å². The van der Waals surface area contributed by atoms with E-state index in [-0.39, 0.29) is 39.6 Å². The normalized spacial score (nSPS) is 29.9. The van der Waals surface area contributed by atoms with Crippen LogP contribution in [0.15, 0.2) is 23.2 Å². The molecule has 4 rings (SSSR count). The van der Waals surface area contributed by atoms with Crippen molar-refractivity contribution in [2.45, 2.75) is 24.1 Å². The fourth-order valence-corrected chi connectivity index (χ4v) is 7.11. The Bertz CT molecular complexity index is 854. The average molecular weight is 389 g/mol. The molecule has 1 aliphatic carbocycles. The van der Waals surface area contributed by atoms with E-state index in [4.69, 9.17) is 11.6 Å². The van der Waals surface area contributed by atoms with Gasteiger partial charge in [-0.05, 0) is 31.0 Å². The maximum absolute atomic E-state index is 13.5. The molecule has 2 saturated heterocycles. The molecule has 1 saturated carbocycles. The first-order valence-corrected chi connectivity index (χ1v) is 10.7. The number of carbonyl (C=O) groups excluding carboxylic acids is 1. The Morgan fingerprint density at radius 3 is 2.75 bits per heavy atom. The molecule has 5 nitrogen and oxygen atoms in total. The van der Waals surface area contributed by atoms with Gasteiger partial charge in [-0.1, -0.05) is 23.4 Å². The van der Waals surface area contributed by atoms with Gasteiger partial charge in [0.1, 0.15) is 5.82 Å². The minimum atomic E-state index is -3.13. The van der Waals surface area contributed by atoms with Crippen LogP contribution in [0.4, 0.5) is 10.1 Å². The average Bonchev–Trinajstić information content (AvgIpc) is 3.23. The highest BCUT2D eigenvalue weighted by Gasteiger charge is 2.49. The molecule has 9 heteroatoms. The number of benzene rings is 1. The molecule has 0 radical (unpaired) electrons. The Labute approximate surface area is 148 Å². The quantitative estimate of drug-likeness (QED) is 0.778. The third-order valence-corrected chi connectivity index (χ3v) is 7.88. The molecule has 24 heavy (non-hydrogen) atoms. The van der Waals surface area contributed by atoms with E-state index in [0.717, 1.165) is 12.8 Å². The minimum absolute atomic E-state index is 0.00367.